The van der Waals surface area contributed by atoms with E-state index >= 15 is 4.39 Å². The van der Waals surface area contributed by atoms with Gasteiger partial charge in [0.05, 0.1) is 34.6 Å². The van der Waals surface area contributed by atoms with Crippen molar-refractivity contribution < 1.29 is 8.78 Å². The Morgan fingerprint density at radius 1 is 1.24 bits per heavy atom. The van der Waals surface area contributed by atoms with Gasteiger partial charge in [-0.15, -0.1) is 0 Å². The molecule has 0 bridgehead atoms. The van der Waals surface area contributed by atoms with E-state index in [4.69, 9.17) is 0 Å². The first-order valence-electron chi connectivity index (χ1n) is 10.6. The molecule has 0 aliphatic carbocycles. The Morgan fingerprint density at radius 2 is 2.03 bits per heavy atom. The minimum atomic E-state index is -0.471. The molecule has 10 heteroatoms. The number of nitriles is 1. The minimum absolute atomic E-state index is 0.00346. The van der Waals surface area contributed by atoms with Crippen molar-refractivity contribution in [1.29, 1.82) is 5.26 Å². The summed E-state index contributed by atoms with van der Waals surface area (Å²) in [6.45, 7) is 3.57. The van der Waals surface area contributed by atoms with Crippen molar-refractivity contribution in [3.8, 4) is 17.2 Å². The predicted octanol–water partition coefficient (Wildman–Crippen LogP) is 4.47. The van der Waals surface area contributed by atoms with Gasteiger partial charge in [-0.2, -0.15) is 19.8 Å². The largest absolute Gasteiger partial charge is 0.306 e. The van der Waals surface area contributed by atoms with Gasteiger partial charge in [-0.25, -0.2) is 18.6 Å². The Morgan fingerprint density at radius 3 is 2.76 bits per heavy atom. The number of aryl methyl sites for hydroxylation is 1. The molecule has 0 N–H and O–H groups in total. The SMILES string of the molecule is Cc1nn(C2CCN(C)CC2)c(F)c1-c1cc(Sc2ncccc2F)c2c(C#N)cnn2c1. The summed E-state index contributed by atoms with van der Waals surface area (Å²) in [5.41, 5.74) is 2.38. The van der Waals surface area contributed by atoms with Crippen LogP contribution < -0.4 is 0 Å². The van der Waals surface area contributed by atoms with Crippen LogP contribution in [-0.2, 0) is 0 Å². The summed E-state index contributed by atoms with van der Waals surface area (Å²) < 4.78 is 33.0. The monoisotopic (exact) mass is 465 g/mol. The summed E-state index contributed by atoms with van der Waals surface area (Å²) in [5.74, 6) is -0.865. The highest BCUT2D eigenvalue weighted by Gasteiger charge is 2.26. The molecule has 0 unspecified atom stereocenters. The molecule has 0 aromatic carbocycles. The minimum Gasteiger partial charge on any atom is -0.306 e. The average Bonchev–Trinajstić information content (AvgIpc) is 3.36. The fraction of sp³-hybridized carbons (Fsp3) is 0.304. The van der Waals surface area contributed by atoms with Crippen LogP contribution in [0.25, 0.3) is 16.6 Å². The van der Waals surface area contributed by atoms with Gasteiger partial charge in [-0.1, -0.05) is 11.8 Å². The first-order valence-corrected chi connectivity index (χ1v) is 11.4. The number of hydrogen-bond donors (Lipinski definition) is 0. The van der Waals surface area contributed by atoms with Crippen LogP contribution in [0.4, 0.5) is 8.78 Å². The van der Waals surface area contributed by atoms with Gasteiger partial charge >= 0.3 is 0 Å². The second-order valence-corrected chi connectivity index (χ2v) is 9.21. The Kier molecular flexibility index (Phi) is 5.60. The number of halogens is 2. The molecule has 1 fully saturated rings. The van der Waals surface area contributed by atoms with E-state index in [0.717, 1.165) is 37.7 Å². The third kappa shape index (κ3) is 3.87. The van der Waals surface area contributed by atoms with Gasteiger partial charge in [0.1, 0.15) is 11.1 Å². The van der Waals surface area contributed by atoms with E-state index in [9.17, 15) is 9.65 Å². The lowest BCUT2D eigenvalue weighted by molar-refractivity contribution is 0.200. The van der Waals surface area contributed by atoms with E-state index in [0.29, 0.717) is 32.8 Å². The maximum absolute atomic E-state index is 15.7. The van der Waals surface area contributed by atoms with Crippen molar-refractivity contribution in [1.82, 2.24) is 29.3 Å². The Hall–Kier alpha value is -3.29. The molecule has 33 heavy (non-hydrogen) atoms. The summed E-state index contributed by atoms with van der Waals surface area (Å²) in [6.07, 6.45) is 6.29. The topological polar surface area (TPSA) is 75.0 Å². The van der Waals surface area contributed by atoms with Gasteiger partial charge in [0.15, 0.2) is 5.82 Å². The molecule has 0 saturated carbocycles. The van der Waals surface area contributed by atoms with Crippen LogP contribution in [0, 0.1) is 30.0 Å². The van der Waals surface area contributed by atoms with Crippen molar-refractivity contribution in [2.24, 2.45) is 0 Å². The second kappa shape index (κ2) is 8.57. The smallest absolute Gasteiger partial charge is 0.219 e. The summed E-state index contributed by atoms with van der Waals surface area (Å²) >= 11 is 1.08. The summed E-state index contributed by atoms with van der Waals surface area (Å²) in [6, 6.07) is 6.72. The molecule has 5 heterocycles. The van der Waals surface area contributed by atoms with Crippen LogP contribution in [0.5, 0.6) is 0 Å². The molecule has 4 aromatic heterocycles. The summed E-state index contributed by atoms with van der Waals surface area (Å²) in [7, 11) is 2.06. The van der Waals surface area contributed by atoms with Crippen LogP contribution in [0.15, 0.2) is 46.7 Å². The molecular weight excluding hydrogens is 444 g/mol. The van der Waals surface area contributed by atoms with Crippen molar-refractivity contribution >= 4 is 17.3 Å². The molecule has 0 atom stereocenters. The zero-order chi connectivity index (χ0) is 23.1. The van der Waals surface area contributed by atoms with Crippen LogP contribution in [0.3, 0.4) is 0 Å². The molecule has 0 radical (unpaired) electrons. The number of fused-ring (bicyclic) bond motifs is 1. The number of likely N-dealkylation sites (tertiary alicyclic amines) is 1. The Balaban J connectivity index is 1.63. The fourth-order valence-corrected chi connectivity index (χ4v) is 5.23. The third-order valence-corrected chi connectivity index (χ3v) is 7.00. The fourth-order valence-electron chi connectivity index (χ4n) is 4.26. The van der Waals surface area contributed by atoms with E-state index < -0.39 is 11.8 Å². The van der Waals surface area contributed by atoms with E-state index in [1.54, 1.807) is 19.2 Å². The maximum Gasteiger partial charge on any atom is 0.219 e. The van der Waals surface area contributed by atoms with Gasteiger partial charge in [-0.3, -0.25) is 0 Å². The molecule has 168 valence electrons. The second-order valence-electron chi connectivity index (χ2n) is 8.18. The van der Waals surface area contributed by atoms with Gasteiger partial charge < -0.3 is 4.90 Å². The lowest BCUT2D eigenvalue weighted by Crippen LogP contribution is -2.32. The highest BCUT2D eigenvalue weighted by atomic mass is 32.2. The van der Waals surface area contributed by atoms with Gasteiger partial charge in [-0.05, 0) is 58.1 Å². The number of aromatic nitrogens is 5. The number of piperidine rings is 1. The first-order chi connectivity index (χ1) is 16.0. The third-order valence-electron chi connectivity index (χ3n) is 5.98. The number of hydrogen-bond acceptors (Lipinski definition) is 6. The van der Waals surface area contributed by atoms with Gasteiger partial charge in [0, 0.05) is 22.9 Å². The molecule has 1 aliphatic heterocycles. The van der Waals surface area contributed by atoms with Crippen molar-refractivity contribution in [3.63, 3.8) is 0 Å². The lowest BCUT2D eigenvalue weighted by atomic mass is 10.1. The molecule has 0 amide bonds. The number of pyridine rings is 2. The molecule has 5 rings (SSSR count). The van der Waals surface area contributed by atoms with Crippen LogP contribution >= 0.6 is 11.8 Å². The Labute approximate surface area is 193 Å². The predicted molar refractivity (Wildman–Crippen MR) is 120 cm³/mol. The van der Waals surface area contributed by atoms with Crippen molar-refractivity contribution in [2.75, 3.05) is 20.1 Å². The van der Waals surface area contributed by atoms with Crippen LogP contribution in [-0.4, -0.2) is 49.4 Å². The van der Waals surface area contributed by atoms with E-state index in [2.05, 4.69) is 33.2 Å². The van der Waals surface area contributed by atoms with Crippen LogP contribution in [0.2, 0.25) is 0 Å². The summed E-state index contributed by atoms with van der Waals surface area (Å²) in [5, 5.41) is 18.5. The highest BCUT2D eigenvalue weighted by Crippen LogP contribution is 2.38. The first kappa shape index (κ1) is 21.6. The van der Waals surface area contributed by atoms with Gasteiger partial charge in [0.2, 0.25) is 5.95 Å². The number of nitrogens with zero attached hydrogens (tertiary/aromatic N) is 7. The standard InChI is InChI=1S/C23H21F2N7S/c1-14-20(22(25)32(29-14)17-5-8-30(2)9-6-17)15-10-19(33-23-18(24)4-3-7-27-23)21-16(11-26)12-28-31(21)13-15/h3-4,7,10,12-13,17H,5-6,8-9H2,1-2H3. The van der Waals surface area contributed by atoms with E-state index in [-0.39, 0.29) is 11.1 Å². The van der Waals surface area contributed by atoms with Crippen molar-refractivity contribution in [3.05, 3.63) is 59.8 Å². The Bertz CT molecular complexity index is 1380. The molecule has 4 aromatic rings. The zero-order valence-corrected chi connectivity index (χ0v) is 19.0. The molecule has 1 saturated heterocycles. The van der Waals surface area contributed by atoms with E-state index in [1.807, 2.05) is 0 Å². The molecule has 0 spiro atoms. The normalized spacial score (nSPS) is 15.2. The highest BCUT2D eigenvalue weighted by molar-refractivity contribution is 7.99. The van der Waals surface area contributed by atoms with Crippen LogP contribution in [0.1, 0.15) is 30.1 Å². The number of rotatable bonds is 4. The molecule has 1 aliphatic rings. The molecular formula is C23H21F2N7S. The lowest BCUT2D eigenvalue weighted by Gasteiger charge is -2.29. The van der Waals surface area contributed by atoms with Crippen molar-refractivity contribution in [2.45, 2.75) is 35.7 Å². The quantitative estimate of drug-likeness (QED) is 0.443. The van der Waals surface area contributed by atoms with E-state index in [1.165, 1.54) is 33.7 Å². The molecule has 7 nitrogen and oxygen atoms in total. The summed E-state index contributed by atoms with van der Waals surface area (Å²) in [4.78, 5) is 6.90. The maximum atomic E-state index is 15.7. The zero-order valence-electron chi connectivity index (χ0n) is 18.2. The average molecular weight is 466 g/mol. The van der Waals surface area contributed by atoms with Gasteiger partial charge in [0.25, 0.3) is 0 Å².